The van der Waals surface area contributed by atoms with Crippen LogP contribution in [0.3, 0.4) is 0 Å². The fraction of sp³-hybridized carbons (Fsp3) is 0.640. The van der Waals surface area contributed by atoms with Crippen molar-refractivity contribution in [3.8, 4) is 0 Å². The smallest absolute Gasteiger partial charge is 0.315 e. The molecule has 1 aromatic rings. The summed E-state index contributed by atoms with van der Waals surface area (Å²) in [6.45, 7) is 2.51. The third-order valence-electron chi connectivity index (χ3n) is 7.98. The number of hydrogen-bond donors (Lipinski definition) is 2. The number of amides is 4. The van der Waals surface area contributed by atoms with E-state index in [1.165, 1.54) is 19.3 Å². The summed E-state index contributed by atoms with van der Waals surface area (Å²) in [6, 6.07) is 9.13. The molecule has 0 spiro atoms. The summed E-state index contributed by atoms with van der Waals surface area (Å²) in [7, 11) is 0. The zero-order valence-corrected chi connectivity index (χ0v) is 18.7. The van der Waals surface area contributed by atoms with Gasteiger partial charge in [-0.25, -0.2) is 4.79 Å². The first-order chi connectivity index (χ1) is 15.5. The number of benzene rings is 1. The molecular formula is C25H34N4O3. The SMILES string of the molecule is O=C(NCCC(=O)N1CCN(C(=O)c2ccccc2)CC1)NC12CC3CC(CC(C3)C1)C2. The molecular weight excluding hydrogens is 404 g/mol. The van der Waals surface area contributed by atoms with Crippen LogP contribution in [-0.4, -0.2) is 65.9 Å². The lowest BCUT2D eigenvalue weighted by atomic mass is 9.53. The van der Waals surface area contributed by atoms with Crippen LogP contribution in [-0.2, 0) is 4.79 Å². The zero-order valence-electron chi connectivity index (χ0n) is 18.7. The van der Waals surface area contributed by atoms with Gasteiger partial charge < -0.3 is 20.4 Å². The summed E-state index contributed by atoms with van der Waals surface area (Å²) in [5.74, 6) is 2.41. The van der Waals surface area contributed by atoms with Crippen molar-refractivity contribution in [2.24, 2.45) is 17.8 Å². The van der Waals surface area contributed by atoms with E-state index in [2.05, 4.69) is 10.6 Å². The van der Waals surface area contributed by atoms with Crippen molar-refractivity contribution in [1.82, 2.24) is 20.4 Å². The molecule has 1 aliphatic heterocycles. The molecule has 0 radical (unpaired) electrons. The highest BCUT2D eigenvalue weighted by molar-refractivity contribution is 5.94. The van der Waals surface area contributed by atoms with Crippen LogP contribution in [0.2, 0.25) is 0 Å². The van der Waals surface area contributed by atoms with E-state index in [-0.39, 0.29) is 23.4 Å². The largest absolute Gasteiger partial charge is 0.339 e. The Morgan fingerprint density at radius 1 is 0.844 bits per heavy atom. The molecule has 172 valence electrons. The van der Waals surface area contributed by atoms with E-state index in [1.54, 1.807) is 9.80 Å². The van der Waals surface area contributed by atoms with Crippen molar-refractivity contribution in [3.63, 3.8) is 0 Å². The third kappa shape index (κ3) is 4.48. The fourth-order valence-corrected chi connectivity index (χ4v) is 6.91. The fourth-order valence-electron chi connectivity index (χ4n) is 6.91. The highest BCUT2D eigenvalue weighted by Crippen LogP contribution is 2.55. The molecule has 1 aromatic carbocycles. The maximum absolute atomic E-state index is 12.6. The standard InChI is InChI=1S/C25H34N4O3/c30-22(28-8-10-29(11-9-28)23(31)21-4-2-1-3-5-21)6-7-26-24(32)27-25-15-18-12-19(16-25)14-20(13-18)17-25/h1-5,18-20H,6-17H2,(H2,26,27,32). The zero-order chi connectivity index (χ0) is 22.1. The van der Waals surface area contributed by atoms with E-state index in [4.69, 9.17) is 0 Å². The lowest BCUT2D eigenvalue weighted by Crippen LogP contribution is -2.61. The molecule has 5 aliphatic rings. The van der Waals surface area contributed by atoms with Crippen molar-refractivity contribution >= 4 is 17.8 Å². The van der Waals surface area contributed by atoms with Crippen molar-refractivity contribution in [2.45, 2.75) is 50.5 Å². The van der Waals surface area contributed by atoms with Crippen LogP contribution in [0.15, 0.2) is 30.3 Å². The second-order valence-corrected chi connectivity index (χ2v) is 10.4. The average Bonchev–Trinajstić information content (AvgIpc) is 2.78. The van der Waals surface area contributed by atoms with E-state index in [9.17, 15) is 14.4 Å². The van der Waals surface area contributed by atoms with Gasteiger partial charge in [0.2, 0.25) is 5.91 Å². The van der Waals surface area contributed by atoms with Crippen LogP contribution < -0.4 is 10.6 Å². The molecule has 7 heteroatoms. The van der Waals surface area contributed by atoms with Gasteiger partial charge in [0.05, 0.1) is 0 Å². The van der Waals surface area contributed by atoms with Crippen LogP contribution in [0.1, 0.15) is 55.3 Å². The topological polar surface area (TPSA) is 81.8 Å². The molecule has 1 heterocycles. The van der Waals surface area contributed by atoms with Gasteiger partial charge in [0.25, 0.3) is 5.91 Å². The van der Waals surface area contributed by atoms with E-state index >= 15 is 0 Å². The molecule has 0 aromatic heterocycles. The lowest BCUT2D eigenvalue weighted by Gasteiger charge is -2.56. The minimum absolute atomic E-state index is 0.00946. The van der Waals surface area contributed by atoms with Gasteiger partial charge in [-0.2, -0.15) is 0 Å². The van der Waals surface area contributed by atoms with Gasteiger partial charge in [-0.05, 0) is 68.4 Å². The summed E-state index contributed by atoms with van der Waals surface area (Å²) < 4.78 is 0. The van der Waals surface area contributed by atoms with Gasteiger partial charge in [-0.1, -0.05) is 18.2 Å². The maximum atomic E-state index is 12.6. The predicted octanol–water partition coefficient (Wildman–Crippen LogP) is 2.63. The summed E-state index contributed by atoms with van der Waals surface area (Å²) in [4.78, 5) is 41.3. The molecule has 4 bridgehead atoms. The van der Waals surface area contributed by atoms with Crippen molar-refractivity contribution in [2.75, 3.05) is 32.7 Å². The van der Waals surface area contributed by atoms with Crippen molar-refractivity contribution in [3.05, 3.63) is 35.9 Å². The maximum Gasteiger partial charge on any atom is 0.315 e. The predicted molar refractivity (Wildman–Crippen MR) is 121 cm³/mol. The molecule has 6 rings (SSSR count). The molecule has 0 unspecified atom stereocenters. The van der Waals surface area contributed by atoms with Gasteiger partial charge in [0.1, 0.15) is 0 Å². The number of carbonyl (C=O) groups excluding carboxylic acids is 3. The Kier molecular flexibility index (Phi) is 5.82. The number of nitrogens with one attached hydrogen (secondary N) is 2. The molecule has 0 atom stereocenters. The Bertz CT molecular complexity index is 828. The Morgan fingerprint density at radius 2 is 1.41 bits per heavy atom. The van der Waals surface area contributed by atoms with Crippen LogP contribution in [0.25, 0.3) is 0 Å². The summed E-state index contributed by atoms with van der Waals surface area (Å²) in [5.41, 5.74) is 0.672. The number of carbonyl (C=O) groups is 3. The first kappa shape index (κ1) is 21.3. The van der Waals surface area contributed by atoms with Crippen molar-refractivity contribution < 1.29 is 14.4 Å². The normalized spacial score (nSPS) is 30.8. The molecule has 4 amide bonds. The lowest BCUT2D eigenvalue weighted by molar-refractivity contribution is -0.132. The van der Waals surface area contributed by atoms with Gasteiger partial charge in [-0.15, -0.1) is 0 Å². The second-order valence-electron chi connectivity index (χ2n) is 10.4. The number of piperazine rings is 1. The molecule has 4 saturated carbocycles. The summed E-state index contributed by atoms with van der Waals surface area (Å²) in [6.07, 6.45) is 7.71. The number of nitrogens with zero attached hydrogens (tertiary/aromatic N) is 2. The minimum Gasteiger partial charge on any atom is -0.339 e. The van der Waals surface area contributed by atoms with E-state index in [0.29, 0.717) is 44.7 Å². The van der Waals surface area contributed by atoms with Crippen LogP contribution in [0.5, 0.6) is 0 Å². The van der Waals surface area contributed by atoms with Gasteiger partial charge >= 0.3 is 6.03 Å². The van der Waals surface area contributed by atoms with E-state index in [1.807, 2.05) is 30.3 Å². The molecule has 4 aliphatic carbocycles. The number of hydrogen-bond acceptors (Lipinski definition) is 3. The van der Waals surface area contributed by atoms with Crippen LogP contribution in [0, 0.1) is 17.8 Å². The molecule has 1 saturated heterocycles. The monoisotopic (exact) mass is 438 g/mol. The van der Waals surface area contributed by atoms with Crippen molar-refractivity contribution in [1.29, 1.82) is 0 Å². The van der Waals surface area contributed by atoms with Gasteiger partial charge in [-0.3, -0.25) is 9.59 Å². The Labute approximate surface area is 189 Å². The van der Waals surface area contributed by atoms with Crippen LogP contribution >= 0.6 is 0 Å². The first-order valence-electron chi connectivity index (χ1n) is 12.2. The van der Waals surface area contributed by atoms with Crippen LogP contribution in [0.4, 0.5) is 4.79 Å². The molecule has 7 nitrogen and oxygen atoms in total. The van der Waals surface area contributed by atoms with Gasteiger partial charge in [0.15, 0.2) is 0 Å². The highest BCUT2D eigenvalue weighted by Gasteiger charge is 2.51. The number of urea groups is 1. The van der Waals surface area contributed by atoms with E-state index in [0.717, 1.165) is 37.0 Å². The number of rotatable bonds is 5. The Balaban J connectivity index is 1.03. The minimum atomic E-state index is -0.127. The first-order valence-corrected chi connectivity index (χ1v) is 12.2. The Morgan fingerprint density at radius 3 is 2.00 bits per heavy atom. The average molecular weight is 439 g/mol. The van der Waals surface area contributed by atoms with E-state index < -0.39 is 0 Å². The molecule has 2 N–H and O–H groups in total. The Hall–Kier alpha value is -2.57. The summed E-state index contributed by atoms with van der Waals surface area (Å²) in [5, 5.41) is 6.21. The second kappa shape index (κ2) is 8.75. The highest BCUT2D eigenvalue weighted by atomic mass is 16.2. The third-order valence-corrected chi connectivity index (χ3v) is 7.98. The quantitative estimate of drug-likeness (QED) is 0.742. The molecule has 32 heavy (non-hydrogen) atoms. The summed E-state index contributed by atoms with van der Waals surface area (Å²) >= 11 is 0. The molecule has 5 fully saturated rings. The van der Waals surface area contributed by atoms with Gasteiger partial charge in [0, 0.05) is 50.2 Å².